The van der Waals surface area contributed by atoms with Crippen molar-refractivity contribution in [1.82, 2.24) is 15.5 Å². The highest BCUT2D eigenvalue weighted by atomic mass is 16.5. The molecule has 0 aliphatic rings. The molecule has 0 aliphatic carbocycles. The van der Waals surface area contributed by atoms with Crippen LogP contribution in [0.25, 0.3) is 0 Å². The first kappa shape index (κ1) is 17.5. The van der Waals surface area contributed by atoms with Crippen LogP contribution in [0.15, 0.2) is 28.8 Å². The van der Waals surface area contributed by atoms with E-state index in [-0.39, 0.29) is 18.9 Å². The van der Waals surface area contributed by atoms with Gasteiger partial charge in [-0.3, -0.25) is 9.59 Å². The van der Waals surface area contributed by atoms with Crippen LogP contribution in [-0.4, -0.2) is 33.7 Å². The Hall–Kier alpha value is -2.90. The fraction of sp³-hybridized carbons (Fsp3) is 0.375. The van der Waals surface area contributed by atoms with Crippen LogP contribution >= 0.6 is 0 Å². The Morgan fingerprint density at radius 2 is 2.17 bits per heavy atom. The molecule has 0 spiro atoms. The lowest BCUT2D eigenvalue weighted by atomic mass is 10.2. The first-order chi connectivity index (χ1) is 11.5. The van der Waals surface area contributed by atoms with Crippen molar-refractivity contribution in [1.29, 1.82) is 0 Å². The third-order valence-corrected chi connectivity index (χ3v) is 3.14. The number of unbranched alkanes of at least 4 members (excludes halogenated alkanes) is 1. The minimum atomic E-state index is -0.831. The maximum Gasteiger partial charge on any atom is 0.303 e. The van der Waals surface area contributed by atoms with Crippen LogP contribution in [0.4, 0.5) is 0 Å². The molecule has 8 nitrogen and oxygen atoms in total. The molecule has 24 heavy (non-hydrogen) atoms. The van der Waals surface area contributed by atoms with Gasteiger partial charge in [0.2, 0.25) is 11.7 Å². The fourth-order valence-electron chi connectivity index (χ4n) is 1.98. The van der Waals surface area contributed by atoms with Gasteiger partial charge >= 0.3 is 5.97 Å². The summed E-state index contributed by atoms with van der Waals surface area (Å²) in [6.45, 7) is 2.27. The van der Waals surface area contributed by atoms with Crippen LogP contribution in [0.5, 0.6) is 5.75 Å². The number of carboxylic acids is 1. The van der Waals surface area contributed by atoms with E-state index in [0.29, 0.717) is 42.4 Å². The van der Waals surface area contributed by atoms with Gasteiger partial charge in [-0.25, -0.2) is 0 Å². The predicted molar refractivity (Wildman–Crippen MR) is 83.6 cm³/mol. The number of carbonyl (C=O) groups excluding carboxylic acids is 1. The van der Waals surface area contributed by atoms with E-state index in [0.717, 1.165) is 0 Å². The molecule has 2 rings (SSSR count). The third kappa shape index (κ3) is 5.71. The number of nitrogens with one attached hydrogen (secondary N) is 1. The number of amides is 1. The van der Waals surface area contributed by atoms with Crippen LogP contribution in [0.2, 0.25) is 0 Å². The van der Waals surface area contributed by atoms with Gasteiger partial charge in [0.05, 0.1) is 0 Å². The van der Waals surface area contributed by atoms with Crippen molar-refractivity contribution in [2.45, 2.75) is 32.8 Å². The summed E-state index contributed by atoms with van der Waals surface area (Å²) in [4.78, 5) is 26.5. The van der Waals surface area contributed by atoms with E-state index in [2.05, 4.69) is 15.5 Å². The maximum atomic E-state index is 12.0. The molecule has 0 saturated heterocycles. The topological polar surface area (TPSA) is 115 Å². The van der Waals surface area contributed by atoms with Crippen LogP contribution in [0.3, 0.4) is 0 Å². The van der Waals surface area contributed by atoms with E-state index >= 15 is 0 Å². The van der Waals surface area contributed by atoms with Gasteiger partial charge in [0.1, 0.15) is 5.75 Å². The summed E-state index contributed by atoms with van der Waals surface area (Å²) in [6.07, 6.45) is 1.25. The van der Waals surface area contributed by atoms with Crippen LogP contribution in [-0.2, 0) is 11.4 Å². The lowest BCUT2D eigenvalue weighted by Crippen LogP contribution is -2.24. The van der Waals surface area contributed by atoms with E-state index in [1.807, 2.05) is 0 Å². The number of aromatic nitrogens is 2. The van der Waals surface area contributed by atoms with Gasteiger partial charge in [0.25, 0.3) is 5.91 Å². The molecule has 0 bridgehead atoms. The summed E-state index contributed by atoms with van der Waals surface area (Å²) in [7, 11) is 0. The highest BCUT2D eigenvalue weighted by Gasteiger charge is 2.08. The average molecular weight is 333 g/mol. The van der Waals surface area contributed by atoms with Crippen molar-refractivity contribution in [2.75, 3.05) is 6.54 Å². The van der Waals surface area contributed by atoms with Crippen molar-refractivity contribution in [3.05, 3.63) is 41.5 Å². The standard InChI is InChI=1S/C16H19N3O5/c1-11-18-14(19-24-11)10-23-13-6-4-5-12(9-13)16(22)17-8-3-2-7-15(20)21/h4-6,9H,2-3,7-8,10H2,1H3,(H,17,22)(H,20,21). The molecule has 0 saturated carbocycles. The number of carbonyl (C=O) groups is 2. The molecule has 2 aromatic rings. The molecule has 0 fully saturated rings. The van der Waals surface area contributed by atoms with Crippen molar-refractivity contribution < 1.29 is 24.0 Å². The first-order valence-electron chi connectivity index (χ1n) is 7.56. The van der Waals surface area contributed by atoms with E-state index < -0.39 is 5.97 Å². The van der Waals surface area contributed by atoms with Gasteiger partial charge in [-0.05, 0) is 31.0 Å². The largest absolute Gasteiger partial charge is 0.485 e. The maximum absolute atomic E-state index is 12.0. The molecular formula is C16H19N3O5. The third-order valence-electron chi connectivity index (χ3n) is 3.14. The Balaban J connectivity index is 1.80. The Bertz CT molecular complexity index is 699. The number of nitrogens with zero attached hydrogens (tertiary/aromatic N) is 2. The molecule has 1 amide bonds. The van der Waals surface area contributed by atoms with Crippen LogP contribution in [0.1, 0.15) is 41.3 Å². The molecule has 0 radical (unpaired) electrons. The van der Waals surface area contributed by atoms with Gasteiger partial charge < -0.3 is 19.7 Å². The van der Waals surface area contributed by atoms with Gasteiger partial charge in [0.15, 0.2) is 6.61 Å². The number of aryl methyl sites for hydroxylation is 1. The smallest absolute Gasteiger partial charge is 0.303 e. The van der Waals surface area contributed by atoms with E-state index in [4.69, 9.17) is 14.4 Å². The van der Waals surface area contributed by atoms with Crippen LogP contribution in [0, 0.1) is 6.92 Å². The van der Waals surface area contributed by atoms with Gasteiger partial charge in [-0.15, -0.1) is 0 Å². The summed E-state index contributed by atoms with van der Waals surface area (Å²) in [5.41, 5.74) is 0.468. The minimum absolute atomic E-state index is 0.106. The van der Waals surface area contributed by atoms with Gasteiger partial charge in [0, 0.05) is 25.5 Å². The molecule has 2 N–H and O–H groups in total. The molecule has 0 aliphatic heterocycles. The highest BCUT2D eigenvalue weighted by Crippen LogP contribution is 2.14. The Morgan fingerprint density at radius 1 is 1.33 bits per heavy atom. The second-order valence-corrected chi connectivity index (χ2v) is 5.15. The van der Waals surface area contributed by atoms with Crippen molar-refractivity contribution >= 4 is 11.9 Å². The predicted octanol–water partition coefficient (Wildman–Crippen LogP) is 1.94. The minimum Gasteiger partial charge on any atom is -0.485 e. The zero-order valence-corrected chi connectivity index (χ0v) is 13.3. The zero-order valence-electron chi connectivity index (χ0n) is 13.3. The lowest BCUT2D eigenvalue weighted by molar-refractivity contribution is -0.137. The normalized spacial score (nSPS) is 10.4. The van der Waals surface area contributed by atoms with Crippen molar-refractivity contribution in [3.63, 3.8) is 0 Å². The quantitative estimate of drug-likeness (QED) is 0.674. The SMILES string of the molecule is Cc1nc(COc2cccc(C(=O)NCCCCC(=O)O)c2)no1. The molecule has 1 aromatic carbocycles. The number of benzene rings is 1. The van der Waals surface area contributed by atoms with Crippen molar-refractivity contribution in [3.8, 4) is 5.75 Å². The Kier molecular flexibility index (Phi) is 6.30. The monoisotopic (exact) mass is 333 g/mol. The number of carboxylic acid groups (broad SMARTS) is 1. The molecule has 0 unspecified atom stereocenters. The van der Waals surface area contributed by atoms with E-state index in [1.54, 1.807) is 31.2 Å². The number of hydrogen-bond donors (Lipinski definition) is 2. The summed E-state index contributed by atoms with van der Waals surface area (Å²) >= 11 is 0. The number of rotatable bonds is 9. The van der Waals surface area contributed by atoms with Crippen LogP contribution < -0.4 is 10.1 Å². The fourth-order valence-corrected chi connectivity index (χ4v) is 1.98. The molecule has 1 heterocycles. The first-order valence-corrected chi connectivity index (χ1v) is 7.56. The Labute approximate surface area is 138 Å². The van der Waals surface area contributed by atoms with E-state index in [1.165, 1.54) is 0 Å². The molecule has 0 atom stereocenters. The number of aliphatic carboxylic acids is 1. The summed E-state index contributed by atoms with van der Waals surface area (Å²) in [6, 6.07) is 6.75. The second kappa shape index (κ2) is 8.66. The van der Waals surface area contributed by atoms with Gasteiger partial charge in [-0.2, -0.15) is 4.98 Å². The summed E-state index contributed by atoms with van der Waals surface area (Å²) in [5.74, 6) is 0.357. The second-order valence-electron chi connectivity index (χ2n) is 5.15. The zero-order chi connectivity index (χ0) is 17.4. The molecule has 128 valence electrons. The summed E-state index contributed by atoms with van der Waals surface area (Å²) < 4.78 is 10.4. The molecule has 1 aromatic heterocycles. The number of hydrogen-bond acceptors (Lipinski definition) is 6. The average Bonchev–Trinajstić information content (AvgIpc) is 2.98. The highest BCUT2D eigenvalue weighted by molar-refractivity contribution is 5.94. The summed E-state index contributed by atoms with van der Waals surface area (Å²) in [5, 5.41) is 15.0. The molecule has 8 heteroatoms. The number of ether oxygens (including phenoxy) is 1. The van der Waals surface area contributed by atoms with Gasteiger partial charge in [-0.1, -0.05) is 11.2 Å². The molecular weight excluding hydrogens is 314 g/mol. The van der Waals surface area contributed by atoms with Crippen molar-refractivity contribution in [2.24, 2.45) is 0 Å². The Morgan fingerprint density at radius 3 is 2.88 bits per heavy atom. The van der Waals surface area contributed by atoms with E-state index in [9.17, 15) is 9.59 Å². The lowest BCUT2D eigenvalue weighted by Gasteiger charge is -2.07.